The summed E-state index contributed by atoms with van der Waals surface area (Å²) in [6, 6.07) is 8.05. The van der Waals surface area contributed by atoms with Gasteiger partial charge in [0.25, 0.3) is 0 Å². The van der Waals surface area contributed by atoms with E-state index in [1.54, 1.807) is 4.90 Å². The highest BCUT2D eigenvalue weighted by atomic mass is 32.2. The second-order valence-corrected chi connectivity index (χ2v) is 7.88. The molecule has 150 valence electrons. The Bertz CT molecular complexity index is 855. The Kier molecular flexibility index (Phi) is 6.27. The number of benzene rings is 2. The first kappa shape index (κ1) is 20.6. The van der Waals surface area contributed by atoms with Crippen LogP contribution < -0.4 is 0 Å². The van der Waals surface area contributed by atoms with Crippen LogP contribution in [0.5, 0.6) is 0 Å². The van der Waals surface area contributed by atoms with Gasteiger partial charge >= 0.3 is 6.18 Å². The Hall–Kier alpha value is -2.09. The molecule has 1 fully saturated rings. The fourth-order valence-electron chi connectivity index (χ4n) is 3.17. The molecular formula is C20H18F5NOS. The van der Waals surface area contributed by atoms with Crippen LogP contribution in [0.4, 0.5) is 22.0 Å². The molecule has 0 bridgehead atoms. The van der Waals surface area contributed by atoms with E-state index in [1.807, 2.05) is 0 Å². The molecule has 2 nitrogen and oxygen atoms in total. The van der Waals surface area contributed by atoms with Crippen LogP contribution in [0.15, 0.2) is 42.5 Å². The van der Waals surface area contributed by atoms with Crippen LogP contribution in [0.3, 0.4) is 0 Å². The summed E-state index contributed by atoms with van der Waals surface area (Å²) in [5, 5.41) is -0.276. The van der Waals surface area contributed by atoms with Gasteiger partial charge in [0.15, 0.2) is 0 Å². The number of nitrogens with zero attached hydrogens (tertiary/aromatic N) is 1. The molecular weight excluding hydrogens is 397 g/mol. The lowest BCUT2D eigenvalue weighted by molar-refractivity contribution is -0.138. The largest absolute Gasteiger partial charge is 0.416 e. The lowest BCUT2D eigenvalue weighted by Crippen LogP contribution is -2.34. The van der Waals surface area contributed by atoms with Gasteiger partial charge in [-0.05, 0) is 36.2 Å². The second-order valence-electron chi connectivity index (χ2n) is 6.57. The summed E-state index contributed by atoms with van der Waals surface area (Å²) >= 11 is 1.44. The highest BCUT2D eigenvalue weighted by Gasteiger charge is 2.31. The fourth-order valence-corrected chi connectivity index (χ4v) is 4.42. The Morgan fingerprint density at radius 2 is 1.89 bits per heavy atom. The summed E-state index contributed by atoms with van der Waals surface area (Å²) in [6.07, 6.45) is -4.15. The van der Waals surface area contributed by atoms with E-state index in [-0.39, 0.29) is 23.1 Å². The van der Waals surface area contributed by atoms with Gasteiger partial charge in [-0.3, -0.25) is 4.79 Å². The van der Waals surface area contributed by atoms with E-state index in [0.717, 1.165) is 24.3 Å². The normalized spacial score (nSPS) is 18.0. The summed E-state index contributed by atoms with van der Waals surface area (Å²) in [7, 11) is 0. The molecule has 0 unspecified atom stereocenters. The smallest absolute Gasteiger partial charge is 0.342 e. The Morgan fingerprint density at radius 1 is 1.11 bits per heavy atom. The molecule has 0 saturated carbocycles. The average molecular weight is 415 g/mol. The van der Waals surface area contributed by atoms with Crippen molar-refractivity contribution >= 4 is 17.7 Å². The molecule has 1 atom stereocenters. The van der Waals surface area contributed by atoms with E-state index in [0.29, 0.717) is 30.8 Å². The molecule has 1 amide bonds. The maximum absolute atomic E-state index is 14.0. The number of amides is 1. The van der Waals surface area contributed by atoms with Gasteiger partial charge in [0, 0.05) is 29.7 Å². The van der Waals surface area contributed by atoms with Crippen LogP contribution >= 0.6 is 11.8 Å². The molecule has 28 heavy (non-hydrogen) atoms. The van der Waals surface area contributed by atoms with Gasteiger partial charge < -0.3 is 4.90 Å². The zero-order valence-corrected chi connectivity index (χ0v) is 15.6. The Balaban J connectivity index is 1.65. The van der Waals surface area contributed by atoms with Crippen LogP contribution in [0.1, 0.15) is 28.4 Å². The lowest BCUT2D eigenvalue weighted by atomic mass is 10.1. The minimum atomic E-state index is -4.46. The maximum atomic E-state index is 14.0. The summed E-state index contributed by atoms with van der Waals surface area (Å²) in [6.45, 7) is 0.751. The number of hydrogen-bond donors (Lipinski definition) is 0. The first-order valence-corrected chi connectivity index (χ1v) is 9.79. The lowest BCUT2D eigenvalue weighted by Gasteiger charge is -2.21. The number of rotatable bonds is 3. The summed E-state index contributed by atoms with van der Waals surface area (Å²) in [5.74, 6) is -0.740. The number of carbonyl (C=O) groups is 1. The summed E-state index contributed by atoms with van der Waals surface area (Å²) in [5.41, 5.74) is -0.215. The van der Waals surface area contributed by atoms with E-state index in [1.165, 1.54) is 30.0 Å². The molecule has 1 heterocycles. The third-order valence-electron chi connectivity index (χ3n) is 4.61. The highest BCUT2D eigenvalue weighted by Crippen LogP contribution is 2.36. The van der Waals surface area contributed by atoms with Crippen LogP contribution in [-0.4, -0.2) is 29.6 Å². The van der Waals surface area contributed by atoms with Gasteiger partial charge in [-0.15, -0.1) is 0 Å². The van der Waals surface area contributed by atoms with E-state index in [4.69, 9.17) is 0 Å². The molecule has 0 spiro atoms. The van der Waals surface area contributed by atoms with Gasteiger partial charge in [0.1, 0.15) is 11.6 Å². The number of thioether (sulfide) groups is 1. The standard InChI is InChI=1S/C20H18F5NOS/c21-15-4-5-17(22)16(12-15)18-6-7-26(8-9-28-18)19(27)11-13-2-1-3-14(10-13)20(23,24)25/h1-5,10,12,18H,6-9,11H2/t18-/m0/s1. The zero-order chi connectivity index (χ0) is 20.3. The van der Waals surface area contributed by atoms with E-state index >= 15 is 0 Å². The van der Waals surface area contributed by atoms with Crippen LogP contribution in [-0.2, 0) is 17.4 Å². The molecule has 8 heteroatoms. The van der Waals surface area contributed by atoms with Crippen LogP contribution in [0.2, 0.25) is 0 Å². The third-order valence-corrected chi connectivity index (χ3v) is 5.92. The molecule has 2 aromatic rings. The van der Waals surface area contributed by atoms with Crippen molar-refractivity contribution in [1.29, 1.82) is 0 Å². The van der Waals surface area contributed by atoms with Crippen molar-refractivity contribution in [2.24, 2.45) is 0 Å². The van der Waals surface area contributed by atoms with Crippen molar-refractivity contribution in [3.63, 3.8) is 0 Å². The fraction of sp³-hybridized carbons (Fsp3) is 0.350. The van der Waals surface area contributed by atoms with Crippen molar-refractivity contribution in [2.75, 3.05) is 18.8 Å². The number of carbonyl (C=O) groups excluding carboxylic acids is 1. The van der Waals surface area contributed by atoms with Crippen molar-refractivity contribution in [1.82, 2.24) is 4.90 Å². The van der Waals surface area contributed by atoms with E-state index in [9.17, 15) is 26.7 Å². The topological polar surface area (TPSA) is 20.3 Å². The quantitative estimate of drug-likeness (QED) is 0.640. The maximum Gasteiger partial charge on any atom is 0.416 e. The predicted molar refractivity (Wildman–Crippen MR) is 97.9 cm³/mol. The monoisotopic (exact) mass is 415 g/mol. The van der Waals surface area contributed by atoms with Gasteiger partial charge in [0.05, 0.1) is 12.0 Å². The molecule has 0 aromatic heterocycles. The average Bonchev–Trinajstić information content (AvgIpc) is 2.89. The van der Waals surface area contributed by atoms with Gasteiger partial charge in [-0.25, -0.2) is 8.78 Å². The highest BCUT2D eigenvalue weighted by molar-refractivity contribution is 7.99. The first-order chi connectivity index (χ1) is 13.2. The molecule has 1 aliphatic heterocycles. The number of alkyl halides is 3. The molecule has 0 radical (unpaired) electrons. The molecule has 1 saturated heterocycles. The second kappa shape index (κ2) is 8.51. The third kappa shape index (κ3) is 5.04. The molecule has 3 rings (SSSR count). The van der Waals surface area contributed by atoms with Crippen molar-refractivity contribution in [3.8, 4) is 0 Å². The Labute approximate surface area is 163 Å². The molecule has 2 aromatic carbocycles. The van der Waals surface area contributed by atoms with E-state index in [2.05, 4.69) is 0 Å². The van der Waals surface area contributed by atoms with Gasteiger partial charge in [-0.2, -0.15) is 24.9 Å². The Morgan fingerprint density at radius 3 is 2.64 bits per heavy atom. The molecule has 0 N–H and O–H groups in total. The number of halogens is 5. The van der Waals surface area contributed by atoms with Crippen LogP contribution in [0.25, 0.3) is 0 Å². The predicted octanol–water partition coefficient (Wildman–Crippen LogP) is 5.23. The minimum Gasteiger partial charge on any atom is -0.342 e. The van der Waals surface area contributed by atoms with Crippen molar-refractivity contribution in [3.05, 3.63) is 70.8 Å². The van der Waals surface area contributed by atoms with Gasteiger partial charge in [-0.1, -0.05) is 18.2 Å². The van der Waals surface area contributed by atoms with Crippen molar-refractivity contribution in [2.45, 2.75) is 24.3 Å². The van der Waals surface area contributed by atoms with Gasteiger partial charge in [0.2, 0.25) is 5.91 Å². The zero-order valence-electron chi connectivity index (χ0n) is 14.8. The summed E-state index contributed by atoms with van der Waals surface area (Å²) < 4.78 is 65.9. The SMILES string of the molecule is O=C(Cc1cccc(C(F)(F)F)c1)N1CCS[C@H](c2cc(F)ccc2F)CC1. The molecule has 0 aliphatic carbocycles. The minimum absolute atomic E-state index is 0.131. The summed E-state index contributed by atoms with van der Waals surface area (Å²) in [4.78, 5) is 14.1. The van der Waals surface area contributed by atoms with Crippen molar-refractivity contribution < 1.29 is 26.7 Å². The number of hydrogen-bond acceptors (Lipinski definition) is 2. The van der Waals surface area contributed by atoms with E-state index < -0.39 is 23.4 Å². The first-order valence-electron chi connectivity index (χ1n) is 8.74. The molecule has 1 aliphatic rings. The van der Waals surface area contributed by atoms with Crippen LogP contribution in [0, 0.1) is 11.6 Å².